The molecule has 1 aliphatic heterocycles. The average molecular weight is 361 g/mol. The Kier molecular flexibility index (Phi) is 3.68. The van der Waals surface area contributed by atoms with Crippen molar-refractivity contribution in [2.75, 3.05) is 31.1 Å². The second kappa shape index (κ2) is 6.21. The third-order valence-electron chi connectivity index (χ3n) is 4.92. The smallest absolute Gasteiger partial charge is 0.258 e. The standard InChI is InChI=1S/C20H19N5O2/c1-13-22-17-10-14(2-4-18(17)27-13)16-11-20(26)25-12-15(3-5-19(25)23-16)24-8-6-21-7-9-24/h2-5,10-12,21H,6-9H2,1H3. The lowest BCUT2D eigenvalue weighted by Gasteiger charge is -2.29. The molecule has 0 amide bonds. The average Bonchev–Trinajstić information content (AvgIpc) is 3.07. The third kappa shape index (κ3) is 2.86. The lowest BCUT2D eigenvalue weighted by molar-refractivity contribution is 0.561. The van der Waals surface area contributed by atoms with Crippen LogP contribution in [0.4, 0.5) is 5.69 Å². The second-order valence-electron chi connectivity index (χ2n) is 6.75. The van der Waals surface area contributed by atoms with Gasteiger partial charge in [0.05, 0.1) is 11.4 Å². The maximum Gasteiger partial charge on any atom is 0.258 e. The van der Waals surface area contributed by atoms with E-state index >= 15 is 0 Å². The van der Waals surface area contributed by atoms with Gasteiger partial charge in [-0.25, -0.2) is 9.97 Å². The van der Waals surface area contributed by atoms with E-state index in [4.69, 9.17) is 4.42 Å². The summed E-state index contributed by atoms with van der Waals surface area (Å²) in [6, 6.07) is 11.2. The fourth-order valence-electron chi connectivity index (χ4n) is 3.55. The van der Waals surface area contributed by atoms with Gasteiger partial charge < -0.3 is 14.6 Å². The van der Waals surface area contributed by atoms with Crippen molar-refractivity contribution in [3.05, 3.63) is 58.8 Å². The van der Waals surface area contributed by atoms with E-state index < -0.39 is 0 Å². The van der Waals surface area contributed by atoms with Gasteiger partial charge in [0.2, 0.25) is 0 Å². The van der Waals surface area contributed by atoms with E-state index in [9.17, 15) is 4.79 Å². The molecular formula is C20H19N5O2. The van der Waals surface area contributed by atoms with Gasteiger partial charge in [-0.2, -0.15) is 0 Å². The van der Waals surface area contributed by atoms with Crippen molar-refractivity contribution in [2.45, 2.75) is 6.92 Å². The molecule has 136 valence electrons. The van der Waals surface area contributed by atoms with Crippen molar-refractivity contribution < 1.29 is 4.42 Å². The first-order chi connectivity index (χ1) is 13.2. The number of aromatic nitrogens is 3. The van der Waals surface area contributed by atoms with E-state index in [2.05, 4.69) is 20.2 Å². The van der Waals surface area contributed by atoms with Gasteiger partial charge >= 0.3 is 0 Å². The highest BCUT2D eigenvalue weighted by Crippen LogP contribution is 2.23. The van der Waals surface area contributed by atoms with E-state index in [0.29, 0.717) is 17.2 Å². The Labute approximate surface area is 155 Å². The van der Waals surface area contributed by atoms with Crippen LogP contribution in [0.3, 0.4) is 0 Å². The van der Waals surface area contributed by atoms with Gasteiger partial charge in [0.15, 0.2) is 11.5 Å². The van der Waals surface area contributed by atoms with Crippen LogP contribution in [0.5, 0.6) is 0 Å². The summed E-state index contributed by atoms with van der Waals surface area (Å²) in [5.41, 5.74) is 4.56. The summed E-state index contributed by atoms with van der Waals surface area (Å²) in [5.74, 6) is 0.620. The molecule has 0 saturated carbocycles. The summed E-state index contributed by atoms with van der Waals surface area (Å²) >= 11 is 0. The van der Waals surface area contributed by atoms with Crippen LogP contribution in [0.2, 0.25) is 0 Å². The number of aryl methyl sites for hydroxylation is 1. The summed E-state index contributed by atoms with van der Waals surface area (Å²) in [4.78, 5) is 24.0. The number of pyridine rings is 1. The van der Waals surface area contributed by atoms with E-state index in [1.807, 2.05) is 43.5 Å². The second-order valence-corrected chi connectivity index (χ2v) is 6.75. The van der Waals surface area contributed by atoms with Crippen LogP contribution in [0.25, 0.3) is 28.0 Å². The number of hydrogen-bond acceptors (Lipinski definition) is 6. The molecule has 4 aromatic rings. The van der Waals surface area contributed by atoms with Crippen LogP contribution in [-0.2, 0) is 0 Å². The van der Waals surface area contributed by atoms with Gasteiger partial charge in [-0.3, -0.25) is 9.20 Å². The number of hydrogen-bond donors (Lipinski definition) is 1. The largest absolute Gasteiger partial charge is 0.441 e. The molecule has 7 heteroatoms. The van der Waals surface area contributed by atoms with Crippen LogP contribution in [0.1, 0.15) is 5.89 Å². The van der Waals surface area contributed by atoms with Gasteiger partial charge in [0.1, 0.15) is 11.2 Å². The number of rotatable bonds is 2. The summed E-state index contributed by atoms with van der Waals surface area (Å²) < 4.78 is 7.13. The maximum atomic E-state index is 12.7. The topological polar surface area (TPSA) is 75.7 Å². The highest BCUT2D eigenvalue weighted by molar-refractivity contribution is 5.79. The monoisotopic (exact) mass is 361 g/mol. The first-order valence-corrected chi connectivity index (χ1v) is 9.04. The fraction of sp³-hybridized carbons (Fsp3) is 0.250. The molecule has 1 aromatic carbocycles. The quantitative estimate of drug-likeness (QED) is 0.590. The molecule has 0 aliphatic carbocycles. The zero-order chi connectivity index (χ0) is 18.4. The highest BCUT2D eigenvalue weighted by Gasteiger charge is 2.13. The molecule has 1 N–H and O–H groups in total. The SMILES string of the molecule is Cc1nc2cc(-c3cc(=O)n4cc(N5CCNCC5)ccc4n3)ccc2o1. The minimum Gasteiger partial charge on any atom is -0.441 e. The minimum atomic E-state index is -0.0941. The van der Waals surface area contributed by atoms with Crippen LogP contribution in [0.15, 0.2) is 51.8 Å². The summed E-state index contributed by atoms with van der Waals surface area (Å²) in [6.07, 6.45) is 1.88. The van der Waals surface area contributed by atoms with Crippen LogP contribution >= 0.6 is 0 Å². The number of nitrogens with one attached hydrogen (secondary N) is 1. The Morgan fingerprint density at radius 3 is 2.78 bits per heavy atom. The fourth-order valence-corrected chi connectivity index (χ4v) is 3.55. The normalized spacial score (nSPS) is 14.9. The first kappa shape index (κ1) is 16.0. The van der Waals surface area contributed by atoms with Crippen LogP contribution < -0.4 is 15.8 Å². The lowest BCUT2D eigenvalue weighted by atomic mass is 10.1. The van der Waals surface area contributed by atoms with Crippen LogP contribution in [-0.4, -0.2) is 40.5 Å². The molecule has 0 atom stereocenters. The molecule has 7 nitrogen and oxygen atoms in total. The Morgan fingerprint density at radius 2 is 1.93 bits per heavy atom. The predicted molar refractivity (Wildman–Crippen MR) is 104 cm³/mol. The van der Waals surface area contributed by atoms with Gasteiger partial charge in [-0.15, -0.1) is 0 Å². The van der Waals surface area contributed by atoms with Crippen molar-refractivity contribution in [1.82, 2.24) is 19.7 Å². The Bertz CT molecular complexity index is 1200. The zero-order valence-corrected chi connectivity index (χ0v) is 15.0. The Hall–Kier alpha value is -3.19. The molecule has 0 radical (unpaired) electrons. The zero-order valence-electron chi connectivity index (χ0n) is 15.0. The van der Waals surface area contributed by atoms with Gasteiger partial charge in [-0.1, -0.05) is 0 Å². The van der Waals surface area contributed by atoms with E-state index in [-0.39, 0.29) is 5.56 Å². The summed E-state index contributed by atoms with van der Waals surface area (Å²) in [7, 11) is 0. The van der Waals surface area contributed by atoms with Crippen molar-refractivity contribution in [3.8, 4) is 11.3 Å². The molecule has 5 rings (SSSR count). The number of nitrogens with zero attached hydrogens (tertiary/aromatic N) is 4. The number of fused-ring (bicyclic) bond motifs is 2. The molecule has 0 spiro atoms. The summed E-state index contributed by atoms with van der Waals surface area (Å²) in [5, 5.41) is 3.34. The van der Waals surface area contributed by atoms with Crippen molar-refractivity contribution in [1.29, 1.82) is 0 Å². The molecule has 1 saturated heterocycles. The molecule has 27 heavy (non-hydrogen) atoms. The molecule has 3 aromatic heterocycles. The van der Waals surface area contributed by atoms with Gasteiger partial charge in [0, 0.05) is 50.9 Å². The third-order valence-corrected chi connectivity index (χ3v) is 4.92. The van der Waals surface area contributed by atoms with Crippen molar-refractivity contribution in [2.24, 2.45) is 0 Å². The highest BCUT2D eigenvalue weighted by atomic mass is 16.3. The first-order valence-electron chi connectivity index (χ1n) is 9.04. The van der Waals surface area contributed by atoms with Crippen LogP contribution in [0, 0.1) is 6.92 Å². The minimum absolute atomic E-state index is 0.0941. The number of piperazine rings is 1. The molecule has 4 heterocycles. The molecule has 0 bridgehead atoms. The molecule has 1 fully saturated rings. The van der Waals surface area contributed by atoms with Crippen molar-refractivity contribution in [3.63, 3.8) is 0 Å². The summed E-state index contributed by atoms with van der Waals surface area (Å²) in [6.45, 7) is 5.59. The van der Waals surface area contributed by atoms with Gasteiger partial charge in [0.25, 0.3) is 5.56 Å². The van der Waals surface area contributed by atoms with E-state index in [1.54, 1.807) is 10.5 Å². The predicted octanol–water partition coefficient (Wildman–Crippen LogP) is 2.22. The molecule has 0 unspecified atom stereocenters. The maximum absolute atomic E-state index is 12.7. The van der Waals surface area contributed by atoms with E-state index in [0.717, 1.165) is 48.5 Å². The lowest BCUT2D eigenvalue weighted by Crippen LogP contribution is -2.43. The number of anilines is 1. The molecular weight excluding hydrogens is 342 g/mol. The molecule has 1 aliphatic rings. The van der Waals surface area contributed by atoms with Gasteiger partial charge in [-0.05, 0) is 30.3 Å². The Balaban J connectivity index is 1.58. The number of benzene rings is 1. The van der Waals surface area contributed by atoms with E-state index in [1.165, 1.54) is 0 Å². The van der Waals surface area contributed by atoms with Crippen molar-refractivity contribution >= 4 is 22.4 Å². The number of oxazole rings is 1. The Morgan fingerprint density at radius 1 is 1.07 bits per heavy atom.